The number of nitrogens with zero attached hydrogens (tertiary/aromatic N) is 2. The van der Waals surface area contributed by atoms with Crippen molar-refractivity contribution in [3.63, 3.8) is 0 Å². The van der Waals surface area contributed by atoms with Crippen molar-refractivity contribution in [2.24, 2.45) is 0 Å². The molecular weight excluding hydrogens is 461 g/mol. The zero-order valence-corrected chi connectivity index (χ0v) is 20.6. The third kappa shape index (κ3) is 7.46. The third-order valence-corrected chi connectivity index (χ3v) is 5.57. The van der Waals surface area contributed by atoms with Crippen LogP contribution >= 0.6 is 0 Å². The molecule has 1 atom stereocenters. The Labute approximate surface area is 210 Å². The number of hydrogen-bond donors (Lipinski definition) is 1. The van der Waals surface area contributed by atoms with E-state index in [2.05, 4.69) is 5.32 Å². The normalized spacial score (nSPS) is 12.0. The van der Waals surface area contributed by atoms with Crippen molar-refractivity contribution in [3.8, 4) is 0 Å². The van der Waals surface area contributed by atoms with E-state index in [1.54, 1.807) is 18.2 Å². The van der Waals surface area contributed by atoms with Crippen molar-refractivity contribution in [2.45, 2.75) is 51.7 Å². The van der Waals surface area contributed by atoms with E-state index >= 15 is 0 Å². The summed E-state index contributed by atoms with van der Waals surface area (Å²) in [7, 11) is 0. The molecule has 0 fully saturated rings. The molecule has 0 aliphatic rings. The van der Waals surface area contributed by atoms with Crippen molar-refractivity contribution < 1.29 is 18.9 Å². The van der Waals surface area contributed by atoms with E-state index in [1.807, 2.05) is 51.1 Å². The quantitative estimate of drug-likeness (QED) is 0.343. The van der Waals surface area contributed by atoms with E-state index in [-0.39, 0.29) is 36.5 Å². The zero-order chi connectivity index (χ0) is 26.3. The Morgan fingerprint density at radius 3 is 2.17 bits per heavy atom. The lowest BCUT2D eigenvalue weighted by molar-refractivity contribution is -0.385. The van der Waals surface area contributed by atoms with Crippen LogP contribution in [0.1, 0.15) is 37.5 Å². The number of rotatable bonds is 9. The molecule has 7 nitrogen and oxygen atoms in total. The topological polar surface area (TPSA) is 92.6 Å². The number of nitro benzene ring substituents is 1. The Bertz CT molecular complexity index is 1210. The van der Waals surface area contributed by atoms with Crippen LogP contribution in [0.4, 0.5) is 10.1 Å². The van der Waals surface area contributed by atoms with Gasteiger partial charge in [-0.1, -0.05) is 60.7 Å². The minimum atomic E-state index is -0.896. The van der Waals surface area contributed by atoms with Crippen LogP contribution in [0.3, 0.4) is 0 Å². The van der Waals surface area contributed by atoms with Crippen molar-refractivity contribution in [1.82, 2.24) is 10.2 Å². The SMILES string of the molecule is CC(C)(C)NC(=O)[C@H](Cc1ccccc1)N(Cc1ccc(F)cc1)C(=O)Cc1ccccc1[N+](=O)[O-]. The molecule has 2 amide bonds. The third-order valence-electron chi connectivity index (χ3n) is 5.57. The highest BCUT2D eigenvalue weighted by atomic mass is 19.1. The average molecular weight is 492 g/mol. The highest BCUT2D eigenvalue weighted by molar-refractivity contribution is 5.89. The highest BCUT2D eigenvalue weighted by Crippen LogP contribution is 2.22. The molecule has 0 spiro atoms. The summed E-state index contributed by atoms with van der Waals surface area (Å²) < 4.78 is 13.5. The summed E-state index contributed by atoms with van der Waals surface area (Å²) in [6.07, 6.45) is -0.0149. The van der Waals surface area contributed by atoms with Gasteiger partial charge in [0, 0.05) is 30.1 Å². The van der Waals surface area contributed by atoms with Crippen LogP contribution in [0, 0.1) is 15.9 Å². The lowest BCUT2D eigenvalue weighted by atomic mass is 9.99. The molecule has 0 bridgehead atoms. The van der Waals surface area contributed by atoms with E-state index < -0.39 is 28.2 Å². The summed E-state index contributed by atoms with van der Waals surface area (Å²) in [5.41, 5.74) is 1.04. The molecular formula is C28H30FN3O4. The first-order valence-electron chi connectivity index (χ1n) is 11.7. The van der Waals surface area contributed by atoms with Gasteiger partial charge in [-0.2, -0.15) is 0 Å². The van der Waals surface area contributed by atoms with E-state index in [0.717, 1.165) is 5.56 Å². The maximum atomic E-state index is 13.7. The first-order chi connectivity index (χ1) is 17.0. The summed E-state index contributed by atoms with van der Waals surface area (Å²) in [6, 6.07) is 20.2. The Morgan fingerprint density at radius 2 is 1.56 bits per heavy atom. The second kappa shape index (κ2) is 11.6. The number of nitrogens with one attached hydrogen (secondary N) is 1. The number of carbonyl (C=O) groups excluding carboxylic acids is 2. The van der Waals surface area contributed by atoms with Crippen molar-refractivity contribution >= 4 is 17.5 Å². The summed E-state index contributed by atoms with van der Waals surface area (Å²) >= 11 is 0. The molecule has 0 saturated carbocycles. The maximum Gasteiger partial charge on any atom is 0.273 e. The Morgan fingerprint density at radius 1 is 0.944 bits per heavy atom. The Hall–Kier alpha value is -4.07. The summed E-state index contributed by atoms with van der Waals surface area (Å²) in [5.74, 6) is -1.20. The largest absolute Gasteiger partial charge is 0.350 e. The molecule has 8 heteroatoms. The lowest BCUT2D eigenvalue weighted by Gasteiger charge is -2.34. The van der Waals surface area contributed by atoms with Crippen LogP contribution in [0.15, 0.2) is 78.9 Å². The summed E-state index contributed by atoms with van der Waals surface area (Å²) in [4.78, 5) is 39.6. The van der Waals surface area contributed by atoms with Crippen LogP contribution in [0.2, 0.25) is 0 Å². The summed E-state index contributed by atoms with van der Waals surface area (Å²) in [5, 5.41) is 14.5. The van der Waals surface area contributed by atoms with Crippen molar-refractivity contribution in [1.29, 1.82) is 0 Å². The molecule has 0 aliphatic carbocycles. The second-order valence-electron chi connectivity index (χ2n) is 9.66. The Kier molecular flexibility index (Phi) is 8.53. The van der Waals surface area contributed by atoms with Gasteiger partial charge in [0.2, 0.25) is 11.8 Å². The van der Waals surface area contributed by atoms with Crippen molar-refractivity contribution in [3.05, 3.63) is 111 Å². The molecule has 36 heavy (non-hydrogen) atoms. The number of carbonyl (C=O) groups is 2. The fourth-order valence-corrected chi connectivity index (χ4v) is 3.90. The molecule has 3 aromatic rings. The molecule has 0 unspecified atom stereocenters. The minimum Gasteiger partial charge on any atom is -0.350 e. The fourth-order valence-electron chi connectivity index (χ4n) is 3.90. The van der Waals surface area contributed by atoms with Gasteiger partial charge >= 0.3 is 0 Å². The number of para-hydroxylation sites is 1. The second-order valence-corrected chi connectivity index (χ2v) is 9.66. The number of amides is 2. The van der Waals surface area contributed by atoms with E-state index in [9.17, 15) is 24.1 Å². The van der Waals surface area contributed by atoms with Gasteiger partial charge in [0.15, 0.2) is 0 Å². The smallest absolute Gasteiger partial charge is 0.273 e. The molecule has 0 aliphatic heterocycles. The number of nitro groups is 1. The van der Waals surface area contributed by atoms with Gasteiger partial charge in [-0.3, -0.25) is 19.7 Å². The summed E-state index contributed by atoms with van der Waals surface area (Å²) in [6.45, 7) is 5.59. The molecule has 0 saturated heterocycles. The monoisotopic (exact) mass is 491 g/mol. The van der Waals surface area contributed by atoms with Crippen LogP contribution in [-0.4, -0.2) is 33.2 Å². The maximum absolute atomic E-state index is 13.7. The number of halogens is 1. The highest BCUT2D eigenvalue weighted by Gasteiger charge is 2.33. The predicted molar refractivity (Wildman–Crippen MR) is 136 cm³/mol. The zero-order valence-electron chi connectivity index (χ0n) is 20.6. The van der Waals surface area contributed by atoms with Gasteiger partial charge in [0.25, 0.3) is 5.69 Å². The lowest BCUT2D eigenvalue weighted by Crippen LogP contribution is -2.54. The predicted octanol–water partition coefficient (Wildman–Crippen LogP) is 4.83. The van der Waals surface area contributed by atoms with Crippen LogP contribution in [0.5, 0.6) is 0 Å². The van der Waals surface area contributed by atoms with Crippen LogP contribution in [0.25, 0.3) is 0 Å². The molecule has 0 aromatic heterocycles. The van der Waals surface area contributed by atoms with Gasteiger partial charge in [0.1, 0.15) is 11.9 Å². The number of hydrogen-bond acceptors (Lipinski definition) is 4. The van der Waals surface area contributed by atoms with Crippen LogP contribution < -0.4 is 5.32 Å². The van der Waals surface area contributed by atoms with E-state index in [0.29, 0.717) is 5.56 Å². The van der Waals surface area contributed by atoms with Gasteiger partial charge in [-0.15, -0.1) is 0 Å². The Balaban J connectivity index is 2.02. The molecule has 3 rings (SSSR count). The minimum absolute atomic E-state index is 0.0365. The molecule has 188 valence electrons. The van der Waals surface area contributed by atoms with Crippen molar-refractivity contribution in [2.75, 3.05) is 0 Å². The molecule has 0 heterocycles. The van der Waals surface area contributed by atoms with E-state index in [1.165, 1.54) is 35.2 Å². The first-order valence-corrected chi connectivity index (χ1v) is 11.7. The molecule has 3 aromatic carbocycles. The standard InChI is InChI=1S/C28H30FN3O4/c1-28(2,3)30-27(34)25(17-20-9-5-4-6-10-20)31(19-21-13-15-23(29)16-14-21)26(33)18-22-11-7-8-12-24(22)32(35)36/h4-16,25H,17-19H2,1-3H3,(H,30,34)/t25-/m0/s1. The fraction of sp³-hybridized carbons (Fsp3) is 0.286. The average Bonchev–Trinajstić information content (AvgIpc) is 2.82. The van der Waals surface area contributed by atoms with Gasteiger partial charge < -0.3 is 10.2 Å². The first kappa shape index (κ1) is 26.5. The molecule has 0 radical (unpaired) electrons. The molecule has 1 N–H and O–H groups in total. The van der Waals surface area contributed by atoms with Crippen LogP contribution in [-0.2, 0) is 29.0 Å². The van der Waals surface area contributed by atoms with E-state index in [4.69, 9.17) is 0 Å². The van der Waals surface area contributed by atoms with Gasteiger partial charge in [-0.05, 0) is 44.0 Å². The van der Waals surface area contributed by atoms with Gasteiger partial charge in [-0.25, -0.2) is 4.39 Å². The van der Waals surface area contributed by atoms with Gasteiger partial charge in [0.05, 0.1) is 11.3 Å². The number of benzene rings is 3.